The molecule has 9 heteroatoms. The van der Waals surface area contributed by atoms with Crippen LogP contribution < -0.4 is 11.1 Å². The molecule has 1 aromatic heterocycles. The smallest absolute Gasteiger partial charge is 0.340 e. The molecule has 0 bridgehead atoms. The van der Waals surface area contributed by atoms with Crippen molar-refractivity contribution in [2.45, 2.75) is 6.54 Å². The summed E-state index contributed by atoms with van der Waals surface area (Å²) in [7, 11) is 0. The molecule has 1 aromatic carbocycles. The Balaban J connectivity index is 1.86. The van der Waals surface area contributed by atoms with Crippen LogP contribution in [0.2, 0.25) is 0 Å². The number of rotatable bonds is 6. The molecule has 0 saturated heterocycles. The molecular formula is C14H13N3O5S. The number of thiophene rings is 1. The van der Waals surface area contributed by atoms with E-state index >= 15 is 0 Å². The zero-order valence-corrected chi connectivity index (χ0v) is 12.7. The predicted octanol–water partition coefficient (Wildman–Crippen LogP) is 1.71. The number of nitrogens with one attached hydrogen (secondary N) is 1. The van der Waals surface area contributed by atoms with Crippen LogP contribution in [0.15, 0.2) is 35.7 Å². The van der Waals surface area contributed by atoms with E-state index in [1.54, 1.807) is 0 Å². The van der Waals surface area contributed by atoms with Gasteiger partial charge in [-0.1, -0.05) is 6.07 Å². The minimum Gasteiger partial charge on any atom is -0.452 e. The van der Waals surface area contributed by atoms with Gasteiger partial charge in [0.1, 0.15) is 0 Å². The first-order valence-electron chi connectivity index (χ1n) is 6.47. The molecule has 2 rings (SSSR count). The van der Waals surface area contributed by atoms with Crippen LogP contribution >= 0.6 is 11.3 Å². The molecule has 1 heterocycles. The molecule has 0 radical (unpaired) electrons. The number of non-ortho nitro benzene ring substituents is 1. The van der Waals surface area contributed by atoms with Crippen molar-refractivity contribution in [3.05, 3.63) is 56.3 Å². The second kappa shape index (κ2) is 7.36. The summed E-state index contributed by atoms with van der Waals surface area (Å²) in [5.74, 6) is -1.27. The van der Waals surface area contributed by atoms with Gasteiger partial charge in [0.05, 0.1) is 22.7 Å². The van der Waals surface area contributed by atoms with Crippen molar-refractivity contribution in [2.24, 2.45) is 0 Å². The van der Waals surface area contributed by atoms with Gasteiger partial charge in [-0.2, -0.15) is 0 Å². The van der Waals surface area contributed by atoms with E-state index in [0.717, 1.165) is 17.0 Å². The maximum absolute atomic E-state index is 11.8. The Morgan fingerprint density at radius 1 is 1.35 bits per heavy atom. The average Bonchev–Trinajstić information content (AvgIpc) is 3.03. The first-order valence-corrected chi connectivity index (χ1v) is 7.35. The van der Waals surface area contributed by atoms with Gasteiger partial charge in [0.15, 0.2) is 6.61 Å². The quantitative estimate of drug-likeness (QED) is 0.358. The zero-order valence-electron chi connectivity index (χ0n) is 11.9. The summed E-state index contributed by atoms with van der Waals surface area (Å²) in [5, 5.41) is 15.1. The molecule has 0 aliphatic heterocycles. The third-order valence-corrected chi connectivity index (χ3v) is 3.72. The number of nitrogen functional groups attached to an aromatic ring is 1. The Kier molecular flexibility index (Phi) is 5.26. The Morgan fingerprint density at radius 3 is 2.74 bits per heavy atom. The monoisotopic (exact) mass is 335 g/mol. The average molecular weight is 335 g/mol. The van der Waals surface area contributed by atoms with E-state index in [0.29, 0.717) is 6.54 Å². The molecule has 23 heavy (non-hydrogen) atoms. The number of nitro benzene ring substituents is 1. The summed E-state index contributed by atoms with van der Waals surface area (Å²) < 4.78 is 4.84. The van der Waals surface area contributed by atoms with E-state index in [2.05, 4.69) is 5.32 Å². The summed E-state index contributed by atoms with van der Waals surface area (Å²) in [5.41, 5.74) is 5.25. The van der Waals surface area contributed by atoms with E-state index in [4.69, 9.17) is 10.5 Å². The van der Waals surface area contributed by atoms with Gasteiger partial charge < -0.3 is 15.8 Å². The van der Waals surface area contributed by atoms with Crippen LogP contribution in [-0.2, 0) is 16.1 Å². The molecule has 0 aliphatic rings. The number of nitro groups is 1. The molecule has 2 aromatic rings. The fourth-order valence-electron chi connectivity index (χ4n) is 1.71. The van der Waals surface area contributed by atoms with Gasteiger partial charge >= 0.3 is 5.97 Å². The normalized spacial score (nSPS) is 10.1. The summed E-state index contributed by atoms with van der Waals surface area (Å²) in [4.78, 5) is 34.4. The van der Waals surface area contributed by atoms with Gasteiger partial charge in [-0.05, 0) is 17.5 Å². The highest BCUT2D eigenvalue weighted by molar-refractivity contribution is 7.09. The lowest BCUT2D eigenvalue weighted by molar-refractivity contribution is -0.384. The Labute approximate surface area is 135 Å². The van der Waals surface area contributed by atoms with Gasteiger partial charge in [0.2, 0.25) is 0 Å². The molecule has 120 valence electrons. The lowest BCUT2D eigenvalue weighted by atomic mass is 10.1. The van der Waals surface area contributed by atoms with Crippen molar-refractivity contribution in [1.29, 1.82) is 0 Å². The van der Waals surface area contributed by atoms with Crippen LogP contribution in [0.25, 0.3) is 0 Å². The van der Waals surface area contributed by atoms with Crippen LogP contribution in [0.5, 0.6) is 0 Å². The molecule has 0 fully saturated rings. The number of hydrogen-bond acceptors (Lipinski definition) is 7. The third kappa shape index (κ3) is 4.51. The Hall–Kier alpha value is -2.94. The van der Waals surface area contributed by atoms with E-state index in [1.165, 1.54) is 17.4 Å². The predicted molar refractivity (Wildman–Crippen MR) is 84.0 cm³/mol. The van der Waals surface area contributed by atoms with Crippen LogP contribution in [0.4, 0.5) is 11.4 Å². The summed E-state index contributed by atoms with van der Waals surface area (Å²) >= 11 is 1.50. The van der Waals surface area contributed by atoms with Crippen LogP contribution in [0.3, 0.4) is 0 Å². The number of carbonyl (C=O) groups excluding carboxylic acids is 2. The largest absolute Gasteiger partial charge is 0.452 e. The topological polar surface area (TPSA) is 125 Å². The van der Waals surface area contributed by atoms with Crippen molar-refractivity contribution in [2.75, 3.05) is 12.3 Å². The molecule has 0 atom stereocenters. The summed E-state index contributed by atoms with van der Waals surface area (Å²) in [6.07, 6.45) is 0. The van der Waals surface area contributed by atoms with Crippen molar-refractivity contribution in [3.8, 4) is 0 Å². The number of hydrogen-bond donors (Lipinski definition) is 2. The number of benzene rings is 1. The fourth-order valence-corrected chi connectivity index (χ4v) is 2.35. The first kappa shape index (κ1) is 16.4. The van der Waals surface area contributed by atoms with Crippen LogP contribution in [0, 0.1) is 10.1 Å². The maximum atomic E-state index is 11.8. The standard InChI is InChI=1S/C14H13N3O5S/c15-12-6-9(17(20)21)3-4-11(12)14(19)22-8-13(18)16-7-10-2-1-5-23-10/h1-6H,7-8,15H2,(H,16,18). The van der Waals surface area contributed by atoms with E-state index in [1.807, 2.05) is 17.5 Å². The number of esters is 1. The summed E-state index contributed by atoms with van der Waals surface area (Å²) in [6.45, 7) is -0.103. The summed E-state index contributed by atoms with van der Waals surface area (Å²) in [6, 6.07) is 7.13. The first-order chi connectivity index (χ1) is 11.0. The van der Waals surface area contributed by atoms with Gasteiger partial charge in [0, 0.05) is 17.0 Å². The molecular weight excluding hydrogens is 322 g/mol. The van der Waals surface area contributed by atoms with Crippen molar-refractivity contribution in [3.63, 3.8) is 0 Å². The number of amides is 1. The van der Waals surface area contributed by atoms with E-state index in [9.17, 15) is 19.7 Å². The van der Waals surface area contributed by atoms with E-state index in [-0.39, 0.29) is 16.9 Å². The minimum atomic E-state index is -0.816. The number of nitrogens with two attached hydrogens (primary N) is 1. The van der Waals surface area contributed by atoms with E-state index < -0.39 is 23.4 Å². The van der Waals surface area contributed by atoms with Gasteiger partial charge in [-0.3, -0.25) is 14.9 Å². The SMILES string of the molecule is Nc1cc([N+](=O)[O-])ccc1C(=O)OCC(=O)NCc1cccs1. The molecule has 1 amide bonds. The van der Waals surface area contributed by atoms with Crippen LogP contribution in [0.1, 0.15) is 15.2 Å². The molecule has 0 aliphatic carbocycles. The van der Waals surface area contributed by atoms with Crippen molar-refractivity contribution in [1.82, 2.24) is 5.32 Å². The molecule has 8 nitrogen and oxygen atoms in total. The fraction of sp³-hybridized carbons (Fsp3) is 0.143. The molecule has 3 N–H and O–H groups in total. The van der Waals surface area contributed by atoms with Crippen molar-refractivity contribution >= 4 is 34.6 Å². The lowest BCUT2D eigenvalue weighted by Crippen LogP contribution is -2.28. The molecule has 0 unspecified atom stereocenters. The number of carbonyl (C=O) groups is 2. The van der Waals surface area contributed by atoms with Crippen LogP contribution in [-0.4, -0.2) is 23.4 Å². The van der Waals surface area contributed by atoms with Gasteiger partial charge in [-0.25, -0.2) is 4.79 Å². The Bertz CT molecular complexity index is 730. The maximum Gasteiger partial charge on any atom is 0.340 e. The van der Waals surface area contributed by atoms with Crippen molar-refractivity contribution < 1.29 is 19.2 Å². The van der Waals surface area contributed by atoms with Gasteiger partial charge in [0.25, 0.3) is 11.6 Å². The number of ether oxygens (including phenoxy) is 1. The Morgan fingerprint density at radius 2 is 2.13 bits per heavy atom. The van der Waals surface area contributed by atoms with Gasteiger partial charge in [-0.15, -0.1) is 11.3 Å². The third-order valence-electron chi connectivity index (χ3n) is 2.84. The highest BCUT2D eigenvalue weighted by Crippen LogP contribution is 2.20. The minimum absolute atomic E-state index is 0.0262. The highest BCUT2D eigenvalue weighted by Gasteiger charge is 2.16. The number of anilines is 1. The second-order valence-corrected chi connectivity index (χ2v) is 5.49. The molecule has 0 saturated carbocycles. The highest BCUT2D eigenvalue weighted by atomic mass is 32.1. The number of nitrogens with zero attached hydrogens (tertiary/aromatic N) is 1. The molecule has 0 spiro atoms. The lowest BCUT2D eigenvalue weighted by Gasteiger charge is -2.07. The zero-order chi connectivity index (χ0) is 16.8. The second-order valence-electron chi connectivity index (χ2n) is 4.46.